The Labute approximate surface area is 158 Å². The van der Waals surface area contributed by atoms with E-state index in [2.05, 4.69) is 20.6 Å². The number of anilines is 2. The quantitative estimate of drug-likeness (QED) is 0.864. The highest BCUT2D eigenvalue weighted by atomic mass is 16.5. The maximum absolute atomic E-state index is 12.5. The predicted molar refractivity (Wildman–Crippen MR) is 102 cm³/mol. The van der Waals surface area contributed by atoms with E-state index in [9.17, 15) is 9.59 Å². The van der Waals surface area contributed by atoms with E-state index >= 15 is 0 Å². The molecule has 27 heavy (non-hydrogen) atoms. The molecule has 1 aliphatic rings. The smallest absolute Gasteiger partial charge is 0.321 e. The summed E-state index contributed by atoms with van der Waals surface area (Å²) in [5.74, 6) is 0.625. The topological polar surface area (TPSA) is 96.5 Å². The van der Waals surface area contributed by atoms with Crippen LogP contribution in [0.5, 0.6) is 5.88 Å². The average molecular weight is 369 g/mol. The maximum Gasteiger partial charge on any atom is 0.321 e. The molecule has 0 radical (unpaired) electrons. The highest BCUT2D eigenvalue weighted by Crippen LogP contribution is 2.20. The number of aromatic nitrogens is 2. The summed E-state index contributed by atoms with van der Waals surface area (Å²) < 4.78 is 5.00. The Hall–Kier alpha value is -3.16. The van der Waals surface area contributed by atoms with E-state index in [1.807, 2.05) is 13.0 Å². The molecule has 1 atom stereocenters. The van der Waals surface area contributed by atoms with Crippen molar-refractivity contribution in [1.29, 1.82) is 0 Å². The fraction of sp³-hybridized carbons (Fsp3) is 0.368. The van der Waals surface area contributed by atoms with Gasteiger partial charge in [0.15, 0.2) is 0 Å². The van der Waals surface area contributed by atoms with Gasteiger partial charge in [-0.3, -0.25) is 4.79 Å². The molecule has 3 amide bonds. The number of likely N-dealkylation sites (tertiary alicyclic amines) is 1. The number of pyridine rings is 2. The number of urea groups is 1. The molecule has 8 nitrogen and oxygen atoms in total. The molecule has 8 heteroatoms. The second kappa shape index (κ2) is 8.48. The van der Waals surface area contributed by atoms with Crippen LogP contribution in [0, 0.1) is 12.8 Å². The van der Waals surface area contributed by atoms with Crippen LogP contribution in [-0.2, 0) is 4.79 Å². The third-order valence-corrected chi connectivity index (χ3v) is 4.44. The lowest BCUT2D eigenvalue weighted by Crippen LogP contribution is -2.45. The molecule has 0 aliphatic carbocycles. The van der Waals surface area contributed by atoms with Crippen LogP contribution in [-0.4, -0.2) is 47.0 Å². The number of nitrogens with one attached hydrogen (secondary N) is 2. The van der Waals surface area contributed by atoms with E-state index in [0.29, 0.717) is 30.5 Å². The lowest BCUT2D eigenvalue weighted by Gasteiger charge is -2.32. The zero-order valence-electron chi connectivity index (χ0n) is 15.4. The van der Waals surface area contributed by atoms with Gasteiger partial charge in [-0.05, 0) is 37.5 Å². The number of hydrogen-bond donors (Lipinski definition) is 2. The predicted octanol–water partition coefficient (Wildman–Crippen LogP) is 2.68. The first-order chi connectivity index (χ1) is 13.0. The number of ether oxygens (including phenoxy) is 1. The van der Waals surface area contributed by atoms with Crippen molar-refractivity contribution in [2.45, 2.75) is 19.8 Å². The fourth-order valence-electron chi connectivity index (χ4n) is 2.92. The van der Waals surface area contributed by atoms with Crippen LogP contribution in [0.4, 0.5) is 16.3 Å². The minimum absolute atomic E-state index is 0.116. The van der Waals surface area contributed by atoms with E-state index in [-0.39, 0.29) is 17.9 Å². The standard InChI is InChI=1S/C19H23N5O3/c1-13-5-7-16(20-10-13)23-18(25)14-4-3-9-24(12-14)19(26)22-15-6-8-17(27-2)21-11-15/h5-8,10-11,14H,3-4,9,12H2,1-2H3,(H,22,26)(H,20,23,25). The summed E-state index contributed by atoms with van der Waals surface area (Å²) >= 11 is 0. The Morgan fingerprint density at radius 3 is 2.67 bits per heavy atom. The Kier molecular flexibility index (Phi) is 5.85. The van der Waals surface area contributed by atoms with Gasteiger partial charge < -0.3 is 20.3 Å². The molecule has 1 aliphatic heterocycles. The Bertz CT molecular complexity index is 792. The van der Waals surface area contributed by atoms with Crippen molar-refractivity contribution < 1.29 is 14.3 Å². The number of carbonyl (C=O) groups is 2. The Morgan fingerprint density at radius 2 is 2.00 bits per heavy atom. The summed E-state index contributed by atoms with van der Waals surface area (Å²) in [6, 6.07) is 6.83. The molecule has 0 bridgehead atoms. The van der Waals surface area contributed by atoms with Gasteiger partial charge in [-0.25, -0.2) is 14.8 Å². The van der Waals surface area contributed by atoms with Gasteiger partial charge in [0.2, 0.25) is 11.8 Å². The number of nitrogens with zero attached hydrogens (tertiary/aromatic N) is 3. The van der Waals surface area contributed by atoms with Gasteiger partial charge in [0.05, 0.1) is 24.9 Å². The van der Waals surface area contributed by atoms with Crippen molar-refractivity contribution in [1.82, 2.24) is 14.9 Å². The van der Waals surface area contributed by atoms with Crippen LogP contribution in [0.2, 0.25) is 0 Å². The molecule has 3 heterocycles. The van der Waals surface area contributed by atoms with Crippen molar-refractivity contribution in [2.75, 3.05) is 30.8 Å². The number of amides is 3. The largest absolute Gasteiger partial charge is 0.481 e. The van der Waals surface area contributed by atoms with Crippen molar-refractivity contribution in [3.8, 4) is 5.88 Å². The van der Waals surface area contributed by atoms with E-state index in [0.717, 1.165) is 18.4 Å². The minimum atomic E-state index is -0.262. The molecular formula is C19H23N5O3. The van der Waals surface area contributed by atoms with E-state index in [1.54, 1.807) is 29.3 Å². The van der Waals surface area contributed by atoms with Gasteiger partial charge in [-0.15, -0.1) is 0 Å². The number of hydrogen-bond acceptors (Lipinski definition) is 5. The molecule has 1 saturated heterocycles. The normalized spacial score (nSPS) is 16.5. The van der Waals surface area contributed by atoms with Crippen LogP contribution in [0.15, 0.2) is 36.7 Å². The molecule has 2 aromatic heterocycles. The third-order valence-electron chi connectivity index (χ3n) is 4.44. The first kappa shape index (κ1) is 18.6. The van der Waals surface area contributed by atoms with Gasteiger partial charge in [-0.2, -0.15) is 0 Å². The Balaban J connectivity index is 1.56. The highest BCUT2D eigenvalue weighted by Gasteiger charge is 2.28. The number of carbonyl (C=O) groups excluding carboxylic acids is 2. The first-order valence-electron chi connectivity index (χ1n) is 8.84. The van der Waals surface area contributed by atoms with Crippen LogP contribution >= 0.6 is 0 Å². The van der Waals surface area contributed by atoms with Crippen LogP contribution in [0.25, 0.3) is 0 Å². The van der Waals surface area contributed by atoms with Gasteiger partial charge in [-0.1, -0.05) is 6.07 Å². The molecule has 142 valence electrons. The molecule has 1 fully saturated rings. The molecular weight excluding hydrogens is 346 g/mol. The van der Waals surface area contributed by atoms with Gasteiger partial charge in [0.1, 0.15) is 5.82 Å². The Morgan fingerprint density at radius 1 is 1.15 bits per heavy atom. The SMILES string of the molecule is COc1ccc(NC(=O)N2CCCC(C(=O)Nc3ccc(C)cn3)C2)cn1. The zero-order valence-corrected chi connectivity index (χ0v) is 15.4. The van der Waals surface area contributed by atoms with E-state index in [4.69, 9.17) is 4.74 Å². The number of piperidine rings is 1. The van der Waals surface area contributed by atoms with Crippen molar-refractivity contribution >= 4 is 23.4 Å². The van der Waals surface area contributed by atoms with Crippen LogP contribution in [0.3, 0.4) is 0 Å². The zero-order chi connectivity index (χ0) is 19.2. The lowest BCUT2D eigenvalue weighted by molar-refractivity contribution is -0.121. The number of methoxy groups -OCH3 is 1. The second-order valence-electron chi connectivity index (χ2n) is 6.51. The summed E-state index contributed by atoms with van der Waals surface area (Å²) in [5.41, 5.74) is 1.61. The molecule has 3 rings (SSSR count). The minimum Gasteiger partial charge on any atom is -0.481 e. The molecule has 0 spiro atoms. The monoisotopic (exact) mass is 369 g/mol. The molecule has 1 unspecified atom stereocenters. The van der Waals surface area contributed by atoms with Gasteiger partial charge in [0, 0.05) is 25.4 Å². The molecule has 0 saturated carbocycles. The number of aryl methyl sites for hydroxylation is 1. The van der Waals surface area contributed by atoms with E-state index < -0.39 is 0 Å². The summed E-state index contributed by atoms with van der Waals surface area (Å²) in [6.45, 7) is 2.92. The van der Waals surface area contributed by atoms with Crippen molar-refractivity contribution in [3.05, 3.63) is 42.2 Å². The lowest BCUT2D eigenvalue weighted by atomic mass is 9.97. The first-order valence-corrected chi connectivity index (χ1v) is 8.84. The highest BCUT2D eigenvalue weighted by molar-refractivity contribution is 5.93. The summed E-state index contributed by atoms with van der Waals surface area (Å²) in [4.78, 5) is 34.9. The molecule has 0 aromatic carbocycles. The van der Waals surface area contributed by atoms with Crippen molar-refractivity contribution in [2.24, 2.45) is 5.92 Å². The maximum atomic E-state index is 12.5. The fourth-order valence-corrected chi connectivity index (χ4v) is 2.92. The molecule has 2 aromatic rings. The molecule has 2 N–H and O–H groups in total. The van der Waals surface area contributed by atoms with E-state index in [1.165, 1.54) is 13.3 Å². The second-order valence-corrected chi connectivity index (χ2v) is 6.51. The number of rotatable bonds is 4. The van der Waals surface area contributed by atoms with Gasteiger partial charge >= 0.3 is 6.03 Å². The van der Waals surface area contributed by atoms with Crippen molar-refractivity contribution in [3.63, 3.8) is 0 Å². The van der Waals surface area contributed by atoms with Gasteiger partial charge in [0.25, 0.3) is 0 Å². The van der Waals surface area contributed by atoms with Crippen LogP contribution < -0.4 is 15.4 Å². The third kappa shape index (κ3) is 4.93. The summed E-state index contributed by atoms with van der Waals surface area (Å²) in [6.07, 6.45) is 4.76. The summed E-state index contributed by atoms with van der Waals surface area (Å²) in [5, 5.41) is 5.63. The van der Waals surface area contributed by atoms with Crippen LogP contribution in [0.1, 0.15) is 18.4 Å². The average Bonchev–Trinajstić information content (AvgIpc) is 2.70. The summed E-state index contributed by atoms with van der Waals surface area (Å²) in [7, 11) is 1.53.